The number of carbonyl (C=O) groups is 1. The SMILES string of the molecule is Cc1c(NC(=O)c2cn(CC3CCCNC3)nn2)c(N2CCCC2)nn1C. The van der Waals surface area contributed by atoms with E-state index in [1.165, 1.54) is 12.8 Å². The molecule has 146 valence electrons. The van der Waals surface area contributed by atoms with Crippen LogP contribution >= 0.6 is 0 Å². The van der Waals surface area contributed by atoms with Gasteiger partial charge < -0.3 is 15.5 Å². The van der Waals surface area contributed by atoms with Gasteiger partial charge in [-0.1, -0.05) is 5.21 Å². The Hall–Kier alpha value is -2.42. The van der Waals surface area contributed by atoms with Crippen LogP contribution in [0.1, 0.15) is 41.9 Å². The van der Waals surface area contributed by atoms with Crippen LogP contribution in [0, 0.1) is 12.8 Å². The van der Waals surface area contributed by atoms with Gasteiger partial charge >= 0.3 is 0 Å². The normalized spacial score (nSPS) is 20.2. The lowest BCUT2D eigenvalue weighted by atomic mass is 10.00. The molecule has 0 bridgehead atoms. The molecule has 4 rings (SSSR count). The first-order chi connectivity index (χ1) is 13.1. The number of rotatable bonds is 5. The Morgan fingerprint density at radius 2 is 2.15 bits per heavy atom. The van der Waals surface area contributed by atoms with Crippen molar-refractivity contribution in [1.29, 1.82) is 0 Å². The van der Waals surface area contributed by atoms with Crippen molar-refractivity contribution in [3.05, 3.63) is 17.6 Å². The summed E-state index contributed by atoms with van der Waals surface area (Å²) in [7, 11) is 1.90. The first-order valence-electron chi connectivity index (χ1n) is 9.82. The molecule has 2 fully saturated rings. The van der Waals surface area contributed by atoms with Gasteiger partial charge in [-0.25, -0.2) is 0 Å². The molecule has 0 saturated carbocycles. The zero-order valence-electron chi connectivity index (χ0n) is 16.1. The average Bonchev–Trinajstić information content (AvgIpc) is 3.40. The van der Waals surface area contributed by atoms with Gasteiger partial charge in [0.15, 0.2) is 11.5 Å². The minimum absolute atomic E-state index is 0.237. The van der Waals surface area contributed by atoms with E-state index in [4.69, 9.17) is 0 Å². The topological polar surface area (TPSA) is 92.9 Å². The number of carbonyl (C=O) groups excluding carboxylic acids is 1. The van der Waals surface area contributed by atoms with E-state index in [1.807, 2.05) is 18.7 Å². The molecule has 9 heteroatoms. The maximum Gasteiger partial charge on any atom is 0.277 e. The predicted molar refractivity (Wildman–Crippen MR) is 103 cm³/mol. The number of aryl methyl sites for hydroxylation is 1. The summed E-state index contributed by atoms with van der Waals surface area (Å²) in [6.07, 6.45) is 6.43. The summed E-state index contributed by atoms with van der Waals surface area (Å²) in [5, 5.41) is 19.3. The van der Waals surface area contributed by atoms with Gasteiger partial charge in [0, 0.05) is 26.7 Å². The highest BCUT2D eigenvalue weighted by Crippen LogP contribution is 2.30. The van der Waals surface area contributed by atoms with E-state index in [1.54, 1.807) is 10.9 Å². The zero-order valence-corrected chi connectivity index (χ0v) is 16.1. The van der Waals surface area contributed by atoms with Crippen molar-refractivity contribution >= 4 is 17.4 Å². The number of piperidine rings is 1. The van der Waals surface area contributed by atoms with Crippen LogP contribution in [0.4, 0.5) is 11.5 Å². The molecule has 2 saturated heterocycles. The van der Waals surface area contributed by atoms with Gasteiger partial charge in [0.1, 0.15) is 5.69 Å². The quantitative estimate of drug-likeness (QED) is 0.819. The van der Waals surface area contributed by atoms with Crippen LogP contribution in [0.3, 0.4) is 0 Å². The maximum absolute atomic E-state index is 12.8. The van der Waals surface area contributed by atoms with Crippen LogP contribution in [-0.2, 0) is 13.6 Å². The van der Waals surface area contributed by atoms with Crippen LogP contribution in [0.25, 0.3) is 0 Å². The van der Waals surface area contributed by atoms with Crippen LogP contribution in [0.15, 0.2) is 6.20 Å². The molecule has 0 aliphatic carbocycles. The maximum atomic E-state index is 12.8. The lowest BCUT2D eigenvalue weighted by Crippen LogP contribution is -2.32. The summed E-state index contributed by atoms with van der Waals surface area (Å²) in [6.45, 7) is 6.80. The van der Waals surface area contributed by atoms with E-state index < -0.39 is 0 Å². The van der Waals surface area contributed by atoms with Gasteiger partial charge in [-0.3, -0.25) is 14.2 Å². The molecule has 1 unspecified atom stereocenters. The van der Waals surface area contributed by atoms with E-state index in [9.17, 15) is 4.79 Å². The van der Waals surface area contributed by atoms with Crippen molar-refractivity contribution in [2.45, 2.75) is 39.2 Å². The van der Waals surface area contributed by atoms with Gasteiger partial charge in [-0.2, -0.15) is 5.10 Å². The fraction of sp³-hybridized carbons (Fsp3) is 0.667. The van der Waals surface area contributed by atoms with Crippen molar-refractivity contribution in [2.24, 2.45) is 13.0 Å². The molecule has 2 aliphatic rings. The summed E-state index contributed by atoms with van der Waals surface area (Å²) in [5.41, 5.74) is 2.05. The van der Waals surface area contributed by atoms with Gasteiger partial charge in [0.25, 0.3) is 5.91 Å². The van der Waals surface area contributed by atoms with Gasteiger partial charge in [0.05, 0.1) is 11.9 Å². The van der Waals surface area contributed by atoms with Gasteiger partial charge in [0.2, 0.25) is 0 Å². The van der Waals surface area contributed by atoms with Crippen molar-refractivity contribution in [3.8, 4) is 0 Å². The second-order valence-electron chi connectivity index (χ2n) is 7.59. The summed E-state index contributed by atoms with van der Waals surface area (Å²) < 4.78 is 3.60. The van der Waals surface area contributed by atoms with Crippen LogP contribution in [0.5, 0.6) is 0 Å². The molecule has 2 aromatic heterocycles. The molecule has 2 aliphatic heterocycles. The number of hydrogen-bond acceptors (Lipinski definition) is 6. The van der Waals surface area contributed by atoms with Gasteiger partial charge in [-0.05, 0) is 51.6 Å². The Bertz CT molecular complexity index is 798. The van der Waals surface area contributed by atoms with Crippen molar-refractivity contribution in [1.82, 2.24) is 30.1 Å². The third-order valence-electron chi connectivity index (χ3n) is 5.58. The lowest BCUT2D eigenvalue weighted by molar-refractivity contribution is 0.102. The fourth-order valence-corrected chi connectivity index (χ4v) is 3.90. The lowest BCUT2D eigenvalue weighted by Gasteiger charge is -2.22. The summed E-state index contributed by atoms with van der Waals surface area (Å²) in [6, 6.07) is 0. The largest absolute Gasteiger partial charge is 0.353 e. The van der Waals surface area contributed by atoms with E-state index >= 15 is 0 Å². The minimum Gasteiger partial charge on any atom is -0.353 e. The fourth-order valence-electron chi connectivity index (χ4n) is 3.90. The molecule has 9 nitrogen and oxygen atoms in total. The van der Waals surface area contributed by atoms with Gasteiger partial charge in [-0.15, -0.1) is 5.10 Å². The third kappa shape index (κ3) is 3.83. The molecule has 1 atom stereocenters. The molecule has 2 aromatic rings. The number of anilines is 2. The highest BCUT2D eigenvalue weighted by molar-refractivity contribution is 6.04. The highest BCUT2D eigenvalue weighted by atomic mass is 16.2. The van der Waals surface area contributed by atoms with E-state index in [0.717, 1.165) is 62.8 Å². The Labute approximate surface area is 159 Å². The van der Waals surface area contributed by atoms with E-state index in [0.29, 0.717) is 11.6 Å². The Kier molecular flexibility index (Phi) is 5.11. The summed E-state index contributed by atoms with van der Waals surface area (Å²) in [5.74, 6) is 1.15. The molecule has 2 N–H and O–H groups in total. The molecule has 4 heterocycles. The summed E-state index contributed by atoms with van der Waals surface area (Å²) >= 11 is 0. The Morgan fingerprint density at radius 1 is 1.33 bits per heavy atom. The standard InChI is InChI=1S/C18H28N8O/c1-13-16(17(22-24(13)2)25-8-3-4-9-25)20-18(27)15-12-26(23-21-15)11-14-6-5-7-19-10-14/h12,14,19H,3-11H2,1-2H3,(H,20,27). The van der Waals surface area contributed by atoms with Crippen molar-refractivity contribution in [2.75, 3.05) is 36.4 Å². The number of amides is 1. The zero-order chi connectivity index (χ0) is 18.8. The van der Waals surface area contributed by atoms with Crippen LogP contribution in [-0.4, -0.2) is 56.9 Å². The minimum atomic E-state index is -0.237. The molecule has 27 heavy (non-hydrogen) atoms. The Morgan fingerprint density at radius 3 is 2.89 bits per heavy atom. The van der Waals surface area contributed by atoms with Crippen molar-refractivity contribution < 1.29 is 4.79 Å². The smallest absolute Gasteiger partial charge is 0.277 e. The van der Waals surface area contributed by atoms with Crippen LogP contribution < -0.4 is 15.5 Å². The molecular weight excluding hydrogens is 344 g/mol. The number of nitrogens with zero attached hydrogens (tertiary/aromatic N) is 6. The first-order valence-corrected chi connectivity index (χ1v) is 9.82. The number of nitrogens with one attached hydrogen (secondary N) is 2. The van der Waals surface area contributed by atoms with E-state index in [-0.39, 0.29) is 5.91 Å². The molecule has 1 amide bonds. The predicted octanol–water partition coefficient (Wildman–Crippen LogP) is 1.17. The third-order valence-corrected chi connectivity index (χ3v) is 5.58. The summed E-state index contributed by atoms with van der Waals surface area (Å²) in [4.78, 5) is 15.0. The first kappa shape index (κ1) is 18.0. The second kappa shape index (κ2) is 7.67. The average molecular weight is 372 g/mol. The molecule has 0 aromatic carbocycles. The number of hydrogen-bond donors (Lipinski definition) is 2. The van der Waals surface area contributed by atoms with Crippen LogP contribution in [0.2, 0.25) is 0 Å². The molecular formula is C18H28N8O. The number of aromatic nitrogens is 5. The van der Waals surface area contributed by atoms with Crippen molar-refractivity contribution in [3.63, 3.8) is 0 Å². The van der Waals surface area contributed by atoms with E-state index in [2.05, 4.69) is 30.9 Å². The molecule has 0 spiro atoms. The monoisotopic (exact) mass is 372 g/mol. The highest BCUT2D eigenvalue weighted by Gasteiger charge is 2.24. The molecule has 0 radical (unpaired) electrons. The Balaban J connectivity index is 1.46. The second-order valence-corrected chi connectivity index (χ2v) is 7.59.